The van der Waals surface area contributed by atoms with Crippen LogP contribution >= 0.6 is 11.6 Å². The highest BCUT2D eigenvalue weighted by atomic mass is 35.5. The van der Waals surface area contributed by atoms with Crippen LogP contribution in [0.15, 0.2) is 42.5 Å². The molecule has 2 N–H and O–H groups in total. The van der Waals surface area contributed by atoms with Gasteiger partial charge in [0.15, 0.2) is 0 Å². The fourth-order valence-electron chi connectivity index (χ4n) is 2.52. The molecule has 2 aromatic carbocycles. The number of nitrogens with zero attached hydrogens (tertiary/aromatic N) is 1. The molecule has 0 fully saturated rings. The van der Waals surface area contributed by atoms with E-state index in [2.05, 4.69) is 0 Å². The maximum Gasteiger partial charge on any atom is 0.248 e. The Morgan fingerprint density at radius 3 is 2.60 bits per heavy atom. The quantitative estimate of drug-likeness (QED) is 0.921. The van der Waals surface area contributed by atoms with Gasteiger partial charge >= 0.3 is 0 Å². The maximum atomic E-state index is 12.3. The number of carbonyl (C=O) groups is 1. The summed E-state index contributed by atoms with van der Waals surface area (Å²) in [7, 11) is 0. The van der Waals surface area contributed by atoms with Crippen LogP contribution in [0.2, 0.25) is 5.02 Å². The van der Waals surface area contributed by atoms with Crippen LogP contribution in [0.1, 0.15) is 22.7 Å². The van der Waals surface area contributed by atoms with E-state index in [-0.39, 0.29) is 5.91 Å². The second-order valence-electron chi connectivity index (χ2n) is 5.09. The highest BCUT2D eigenvalue weighted by molar-refractivity contribution is 6.30. The Bertz CT molecular complexity index is 667. The Morgan fingerprint density at radius 1 is 1.20 bits per heavy atom. The summed E-state index contributed by atoms with van der Waals surface area (Å²) in [6.45, 7) is 2.51. The molecule has 1 amide bonds. The van der Waals surface area contributed by atoms with Gasteiger partial charge in [-0.15, -0.1) is 0 Å². The molecule has 2 aromatic rings. The molecule has 0 aromatic heterocycles. The monoisotopic (exact) mass is 286 g/mol. The molecule has 0 radical (unpaired) electrons. The first-order chi connectivity index (χ1) is 9.56. The van der Waals surface area contributed by atoms with E-state index in [1.165, 1.54) is 0 Å². The Balaban J connectivity index is 1.95. The van der Waals surface area contributed by atoms with Gasteiger partial charge in [0, 0.05) is 16.3 Å². The summed E-state index contributed by atoms with van der Waals surface area (Å²) in [5, 5.41) is 0.689. The van der Waals surface area contributed by atoms with Crippen molar-refractivity contribution >= 4 is 23.2 Å². The topological polar surface area (TPSA) is 46.3 Å². The van der Waals surface area contributed by atoms with Crippen molar-refractivity contribution in [3.05, 3.63) is 64.2 Å². The summed E-state index contributed by atoms with van der Waals surface area (Å²) < 4.78 is 0. The van der Waals surface area contributed by atoms with Gasteiger partial charge in [0.05, 0.1) is 6.54 Å². The van der Waals surface area contributed by atoms with Gasteiger partial charge in [-0.3, -0.25) is 4.79 Å². The summed E-state index contributed by atoms with van der Waals surface area (Å²) in [6.07, 6.45) is 0. The molecule has 0 aliphatic carbocycles. The van der Waals surface area contributed by atoms with Gasteiger partial charge in [-0.2, -0.15) is 0 Å². The van der Waals surface area contributed by atoms with Crippen molar-refractivity contribution in [1.29, 1.82) is 0 Å². The zero-order valence-electron chi connectivity index (χ0n) is 11.1. The van der Waals surface area contributed by atoms with Crippen molar-refractivity contribution < 1.29 is 4.79 Å². The number of anilines is 1. The molecule has 0 saturated heterocycles. The van der Waals surface area contributed by atoms with Crippen LogP contribution in [0, 0.1) is 6.92 Å². The standard InChI is InChI=1S/C16H15ClN2O/c1-10-2-7-14-13(8-10)15(18)16(20)19(14)9-11-3-5-12(17)6-4-11/h2-8,15H,9,18H2,1H3/t15-/m1/s1. The molecule has 1 aliphatic rings. The van der Waals surface area contributed by atoms with Gasteiger partial charge < -0.3 is 10.6 Å². The predicted molar refractivity (Wildman–Crippen MR) is 80.7 cm³/mol. The van der Waals surface area contributed by atoms with Crippen molar-refractivity contribution in [2.24, 2.45) is 5.73 Å². The number of hydrogen-bond acceptors (Lipinski definition) is 2. The lowest BCUT2D eigenvalue weighted by Crippen LogP contribution is -2.31. The molecule has 1 heterocycles. The van der Waals surface area contributed by atoms with Gasteiger partial charge in [0.25, 0.3) is 0 Å². The fourth-order valence-corrected chi connectivity index (χ4v) is 2.65. The van der Waals surface area contributed by atoms with Crippen LogP contribution < -0.4 is 10.6 Å². The second kappa shape index (κ2) is 4.93. The summed E-state index contributed by atoms with van der Waals surface area (Å²) >= 11 is 5.88. The third kappa shape index (κ3) is 2.19. The largest absolute Gasteiger partial charge is 0.316 e. The molecule has 1 aliphatic heterocycles. The maximum absolute atomic E-state index is 12.3. The minimum atomic E-state index is -0.558. The zero-order valence-corrected chi connectivity index (χ0v) is 11.9. The number of carbonyl (C=O) groups excluding carboxylic acids is 1. The minimum absolute atomic E-state index is 0.0550. The molecule has 0 spiro atoms. The van der Waals surface area contributed by atoms with E-state index in [4.69, 9.17) is 17.3 Å². The van der Waals surface area contributed by atoms with E-state index in [0.717, 1.165) is 22.4 Å². The number of halogens is 1. The Hall–Kier alpha value is -1.84. The Labute approximate surface area is 123 Å². The van der Waals surface area contributed by atoms with Crippen LogP contribution in [0.5, 0.6) is 0 Å². The molecular formula is C16H15ClN2O. The lowest BCUT2D eigenvalue weighted by molar-refractivity contribution is -0.119. The molecular weight excluding hydrogens is 272 g/mol. The van der Waals surface area contributed by atoms with Crippen LogP contribution in [0.4, 0.5) is 5.69 Å². The summed E-state index contributed by atoms with van der Waals surface area (Å²) in [5.74, 6) is -0.0550. The van der Waals surface area contributed by atoms with Crippen molar-refractivity contribution in [2.75, 3.05) is 4.90 Å². The van der Waals surface area contributed by atoms with Crippen LogP contribution in [0.25, 0.3) is 0 Å². The Kier molecular flexibility index (Phi) is 3.24. The van der Waals surface area contributed by atoms with Gasteiger partial charge in [0.2, 0.25) is 5.91 Å². The van der Waals surface area contributed by atoms with E-state index < -0.39 is 6.04 Å². The minimum Gasteiger partial charge on any atom is -0.316 e. The average Bonchev–Trinajstić information content (AvgIpc) is 2.66. The van der Waals surface area contributed by atoms with E-state index in [1.807, 2.05) is 49.4 Å². The van der Waals surface area contributed by atoms with Gasteiger partial charge in [-0.05, 0) is 30.7 Å². The molecule has 0 saturated carbocycles. The SMILES string of the molecule is Cc1ccc2c(c1)[C@@H](N)C(=O)N2Cc1ccc(Cl)cc1. The van der Waals surface area contributed by atoms with Crippen LogP contribution in [-0.4, -0.2) is 5.91 Å². The molecule has 0 bridgehead atoms. The van der Waals surface area contributed by atoms with Gasteiger partial charge in [-0.1, -0.05) is 41.4 Å². The molecule has 0 unspecified atom stereocenters. The molecule has 1 atom stereocenters. The number of rotatable bonds is 2. The van der Waals surface area contributed by atoms with Crippen LogP contribution in [-0.2, 0) is 11.3 Å². The molecule has 4 heteroatoms. The first-order valence-electron chi connectivity index (χ1n) is 6.48. The summed E-state index contributed by atoms with van der Waals surface area (Å²) in [5.41, 5.74) is 9.97. The lowest BCUT2D eigenvalue weighted by Gasteiger charge is -2.17. The third-order valence-electron chi connectivity index (χ3n) is 3.59. The molecule has 102 valence electrons. The van der Waals surface area contributed by atoms with Crippen molar-refractivity contribution in [1.82, 2.24) is 0 Å². The molecule has 20 heavy (non-hydrogen) atoms. The number of fused-ring (bicyclic) bond motifs is 1. The summed E-state index contributed by atoms with van der Waals surface area (Å²) in [6, 6.07) is 12.9. The number of amides is 1. The van der Waals surface area contributed by atoms with Gasteiger partial charge in [-0.25, -0.2) is 0 Å². The first kappa shape index (κ1) is 13.2. The van der Waals surface area contributed by atoms with E-state index in [1.54, 1.807) is 4.90 Å². The highest BCUT2D eigenvalue weighted by Crippen LogP contribution is 2.36. The Morgan fingerprint density at radius 2 is 1.90 bits per heavy atom. The van der Waals surface area contributed by atoms with Gasteiger partial charge in [0.1, 0.15) is 6.04 Å². The number of nitrogens with two attached hydrogens (primary N) is 1. The van der Waals surface area contributed by atoms with E-state index in [0.29, 0.717) is 11.6 Å². The molecule has 3 nitrogen and oxygen atoms in total. The number of hydrogen-bond donors (Lipinski definition) is 1. The van der Waals surface area contributed by atoms with Crippen LogP contribution in [0.3, 0.4) is 0 Å². The molecule has 3 rings (SSSR count). The normalized spacial score (nSPS) is 17.4. The van der Waals surface area contributed by atoms with E-state index >= 15 is 0 Å². The zero-order chi connectivity index (χ0) is 14.3. The fraction of sp³-hybridized carbons (Fsp3) is 0.188. The predicted octanol–water partition coefficient (Wildman–Crippen LogP) is 3.20. The highest BCUT2D eigenvalue weighted by Gasteiger charge is 2.34. The summed E-state index contributed by atoms with van der Waals surface area (Å²) in [4.78, 5) is 14.1. The number of aryl methyl sites for hydroxylation is 1. The smallest absolute Gasteiger partial charge is 0.248 e. The first-order valence-corrected chi connectivity index (χ1v) is 6.86. The van der Waals surface area contributed by atoms with Crippen molar-refractivity contribution in [3.63, 3.8) is 0 Å². The second-order valence-corrected chi connectivity index (χ2v) is 5.53. The lowest BCUT2D eigenvalue weighted by atomic mass is 10.1. The van der Waals surface area contributed by atoms with Crippen molar-refractivity contribution in [2.45, 2.75) is 19.5 Å². The average molecular weight is 287 g/mol. The van der Waals surface area contributed by atoms with Crippen molar-refractivity contribution in [3.8, 4) is 0 Å². The number of benzene rings is 2. The third-order valence-corrected chi connectivity index (χ3v) is 3.85. The van der Waals surface area contributed by atoms with E-state index in [9.17, 15) is 4.79 Å².